The molecule has 24 heteroatoms. The van der Waals surface area contributed by atoms with Gasteiger partial charge >= 0.3 is 22.7 Å². The number of amides is 2. The molecule has 0 saturated carbocycles. The minimum absolute atomic E-state index is 0.0809. The fourth-order valence-electron chi connectivity index (χ4n) is 3.77. The molecule has 0 aliphatic rings. The van der Waals surface area contributed by atoms with Gasteiger partial charge in [0.25, 0.3) is 11.4 Å². The second-order valence-electron chi connectivity index (χ2n) is 8.61. The lowest BCUT2D eigenvalue weighted by Gasteiger charge is -2.14. The van der Waals surface area contributed by atoms with E-state index in [-0.39, 0.29) is 11.4 Å². The van der Waals surface area contributed by atoms with Crippen LogP contribution in [0.25, 0.3) is 0 Å². The van der Waals surface area contributed by atoms with Crippen molar-refractivity contribution in [2.75, 3.05) is 34.4 Å². The summed E-state index contributed by atoms with van der Waals surface area (Å²) in [5, 5.41) is 76.8. The Morgan fingerprint density at radius 2 is 0.783 bits per heavy atom. The summed E-state index contributed by atoms with van der Waals surface area (Å²) < 4.78 is 0. The third-order valence-corrected chi connectivity index (χ3v) is 5.70. The minimum Gasteiger partial charge on any atom is -0.365 e. The number of para-hydroxylation sites is 2. The van der Waals surface area contributed by atoms with Crippen molar-refractivity contribution in [1.82, 2.24) is 0 Å². The normalized spacial score (nSPS) is 10.3. The number of non-ortho nitro benzene ring substituents is 2. The number of anilines is 4. The fraction of sp³-hybridized carbons (Fsp3) is 0.0909. The Morgan fingerprint density at radius 1 is 0.500 bits per heavy atom. The zero-order chi connectivity index (χ0) is 34.3. The van der Waals surface area contributed by atoms with Gasteiger partial charge < -0.3 is 21.3 Å². The van der Waals surface area contributed by atoms with Crippen LogP contribution in [-0.2, 0) is 9.59 Å². The molecule has 238 valence electrons. The Hall–Kier alpha value is -7.40. The summed E-state index contributed by atoms with van der Waals surface area (Å²) in [5.41, 5.74) is -7.84. The van der Waals surface area contributed by atoms with Crippen LogP contribution in [0.1, 0.15) is 0 Å². The van der Waals surface area contributed by atoms with Gasteiger partial charge in [-0.3, -0.25) is 70.3 Å². The first-order valence-corrected chi connectivity index (χ1v) is 12.0. The van der Waals surface area contributed by atoms with Crippen LogP contribution in [-0.4, -0.2) is 54.4 Å². The van der Waals surface area contributed by atoms with E-state index in [1.807, 2.05) is 0 Å². The van der Waals surface area contributed by atoms with Crippen LogP contribution in [0.3, 0.4) is 0 Å². The van der Waals surface area contributed by atoms with Crippen LogP contribution in [0.5, 0.6) is 0 Å². The molecule has 0 aromatic heterocycles. The van der Waals surface area contributed by atoms with Crippen LogP contribution in [0.2, 0.25) is 0 Å². The molecular formula is C22H16N10O14. The van der Waals surface area contributed by atoms with Gasteiger partial charge in [0.05, 0.1) is 78.3 Å². The van der Waals surface area contributed by atoms with E-state index in [2.05, 4.69) is 21.3 Å². The molecule has 3 rings (SSSR count). The summed E-state index contributed by atoms with van der Waals surface area (Å²) >= 11 is 0. The van der Waals surface area contributed by atoms with E-state index in [4.69, 9.17) is 0 Å². The summed E-state index contributed by atoms with van der Waals surface area (Å²) in [5.74, 6) is -1.92. The van der Waals surface area contributed by atoms with E-state index in [1.165, 1.54) is 24.3 Å². The average molecular weight is 644 g/mol. The number of rotatable bonds is 14. The number of nitro groups is 6. The second-order valence-corrected chi connectivity index (χ2v) is 8.61. The standard InChI is InChI=1S/C22H16N10O14/c33-19(9-23-21-15(29(39)40)5-11(27(35)36)6-16(21)30(41)42)25-13-3-1-2-4-14(13)26-20(34)10-24-22-17(31(43)44)7-12(28(37)38)8-18(22)32(45)46/h1-8,23-24H,9-10H2,(H,25,33)(H,26,34). The van der Waals surface area contributed by atoms with Crippen molar-refractivity contribution in [3.63, 3.8) is 0 Å². The molecule has 0 radical (unpaired) electrons. The topological polar surface area (TPSA) is 341 Å². The number of benzene rings is 3. The maximum absolute atomic E-state index is 12.6. The maximum Gasteiger partial charge on any atom is 0.306 e. The van der Waals surface area contributed by atoms with Crippen molar-refractivity contribution in [2.24, 2.45) is 0 Å². The van der Waals surface area contributed by atoms with Gasteiger partial charge in [0.1, 0.15) is 0 Å². The average Bonchev–Trinajstić information content (AvgIpc) is 2.98. The van der Waals surface area contributed by atoms with Crippen molar-refractivity contribution in [3.8, 4) is 0 Å². The summed E-state index contributed by atoms with van der Waals surface area (Å²) in [7, 11) is 0. The van der Waals surface area contributed by atoms with E-state index in [9.17, 15) is 70.3 Å². The molecule has 0 aliphatic heterocycles. The monoisotopic (exact) mass is 644 g/mol. The predicted molar refractivity (Wildman–Crippen MR) is 153 cm³/mol. The number of hydrogen-bond acceptors (Lipinski definition) is 16. The molecule has 46 heavy (non-hydrogen) atoms. The quantitative estimate of drug-likeness (QED) is 0.144. The molecular weight excluding hydrogens is 628 g/mol. The summed E-state index contributed by atoms with van der Waals surface area (Å²) in [4.78, 5) is 86.4. The number of nitrogens with one attached hydrogen (secondary N) is 4. The van der Waals surface area contributed by atoms with Gasteiger partial charge in [-0.2, -0.15) is 0 Å². The maximum atomic E-state index is 12.6. The number of carbonyl (C=O) groups is 2. The van der Waals surface area contributed by atoms with Crippen molar-refractivity contribution in [2.45, 2.75) is 0 Å². The largest absolute Gasteiger partial charge is 0.365 e. The van der Waals surface area contributed by atoms with Gasteiger partial charge in [-0.15, -0.1) is 0 Å². The Morgan fingerprint density at radius 3 is 1.02 bits per heavy atom. The smallest absolute Gasteiger partial charge is 0.306 e. The van der Waals surface area contributed by atoms with Gasteiger partial charge in [0.2, 0.25) is 11.8 Å². The lowest BCUT2D eigenvalue weighted by atomic mass is 10.2. The zero-order valence-corrected chi connectivity index (χ0v) is 22.4. The molecule has 3 aromatic carbocycles. The summed E-state index contributed by atoms with van der Waals surface area (Å²) in [6.07, 6.45) is 0. The zero-order valence-electron chi connectivity index (χ0n) is 22.4. The first kappa shape index (κ1) is 33.1. The van der Waals surface area contributed by atoms with E-state index < -0.39 is 99.9 Å². The second kappa shape index (κ2) is 13.7. The van der Waals surface area contributed by atoms with Crippen LogP contribution in [0, 0.1) is 60.7 Å². The highest BCUT2D eigenvalue weighted by Gasteiger charge is 2.32. The van der Waals surface area contributed by atoms with E-state index in [1.54, 1.807) is 0 Å². The molecule has 24 nitrogen and oxygen atoms in total. The SMILES string of the molecule is O=C(CNc1c([N+](=O)[O-])cc([N+](=O)[O-])cc1[N+](=O)[O-])Nc1ccccc1NC(=O)CNc1c([N+](=O)[O-])cc([N+](=O)[O-])cc1[N+](=O)[O-]. The first-order valence-electron chi connectivity index (χ1n) is 12.0. The molecule has 0 heterocycles. The van der Waals surface area contributed by atoms with Gasteiger partial charge in [0.15, 0.2) is 11.4 Å². The highest BCUT2D eigenvalue weighted by atomic mass is 16.6. The number of hydrogen-bond donors (Lipinski definition) is 4. The Labute approximate surface area is 251 Å². The Bertz CT molecular complexity index is 1630. The van der Waals surface area contributed by atoms with Crippen molar-refractivity contribution in [3.05, 3.63) is 109 Å². The molecule has 0 aliphatic carbocycles. The molecule has 0 unspecified atom stereocenters. The number of carbonyl (C=O) groups excluding carboxylic acids is 2. The third-order valence-electron chi connectivity index (χ3n) is 5.70. The summed E-state index contributed by atoms with van der Waals surface area (Å²) in [6, 6.07) is 7.24. The predicted octanol–water partition coefficient (Wildman–Crippen LogP) is 3.24. The Kier molecular flexibility index (Phi) is 9.87. The van der Waals surface area contributed by atoms with E-state index >= 15 is 0 Å². The third kappa shape index (κ3) is 7.70. The number of nitro benzene ring substituents is 6. The molecule has 0 fully saturated rings. The Balaban J connectivity index is 1.77. The lowest BCUT2D eigenvalue weighted by molar-refractivity contribution is -0.402. The van der Waals surface area contributed by atoms with Gasteiger partial charge in [0, 0.05) is 0 Å². The molecule has 0 bridgehead atoms. The van der Waals surface area contributed by atoms with Crippen LogP contribution < -0.4 is 21.3 Å². The highest BCUT2D eigenvalue weighted by molar-refractivity contribution is 6.02. The summed E-state index contributed by atoms with van der Waals surface area (Å²) in [6.45, 7) is -1.67. The molecule has 0 saturated heterocycles. The molecule has 4 N–H and O–H groups in total. The van der Waals surface area contributed by atoms with Crippen molar-refractivity contribution in [1.29, 1.82) is 0 Å². The first-order chi connectivity index (χ1) is 21.6. The molecule has 0 spiro atoms. The highest BCUT2D eigenvalue weighted by Crippen LogP contribution is 2.39. The number of nitrogens with zero attached hydrogens (tertiary/aromatic N) is 6. The molecule has 3 aromatic rings. The van der Waals surface area contributed by atoms with Crippen LogP contribution in [0.4, 0.5) is 56.9 Å². The lowest BCUT2D eigenvalue weighted by Crippen LogP contribution is -2.25. The van der Waals surface area contributed by atoms with Crippen molar-refractivity contribution < 1.29 is 39.1 Å². The van der Waals surface area contributed by atoms with Crippen LogP contribution in [0.15, 0.2) is 48.5 Å². The fourth-order valence-corrected chi connectivity index (χ4v) is 3.77. The van der Waals surface area contributed by atoms with Gasteiger partial charge in [-0.25, -0.2) is 0 Å². The minimum atomic E-state index is -1.13. The van der Waals surface area contributed by atoms with Gasteiger partial charge in [-0.05, 0) is 12.1 Å². The molecule has 0 atom stereocenters. The van der Waals surface area contributed by atoms with Crippen molar-refractivity contribution >= 4 is 68.7 Å². The molecule has 2 amide bonds. The van der Waals surface area contributed by atoms with Gasteiger partial charge in [-0.1, -0.05) is 12.1 Å². The van der Waals surface area contributed by atoms with E-state index in [0.717, 1.165) is 0 Å². The van der Waals surface area contributed by atoms with E-state index in [0.29, 0.717) is 24.3 Å². The van der Waals surface area contributed by atoms with Crippen LogP contribution >= 0.6 is 0 Å².